The first kappa shape index (κ1) is 21.8. The van der Waals surface area contributed by atoms with Gasteiger partial charge in [0, 0.05) is 5.92 Å². The fourth-order valence-electron chi connectivity index (χ4n) is 5.71. The topological polar surface area (TPSA) is 121 Å². The van der Waals surface area contributed by atoms with Gasteiger partial charge >= 0.3 is 0 Å². The van der Waals surface area contributed by atoms with Crippen LogP contribution in [0.1, 0.15) is 53.9 Å². The molecule has 0 aromatic carbocycles. The third-order valence-electron chi connectivity index (χ3n) is 7.17. The van der Waals surface area contributed by atoms with Gasteiger partial charge in [-0.1, -0.05) is 39.3 Å². The van der Waals surface area contributed by atoms with E-state index in [2.05, 4.69) is 13.8 Å². The predicted molar refractivity (Wildman–Crippen MR) is 98.2 cm³/mol. The molecule has 26 heavy (non-hydrogen) atoms. The van der Waals surface area contributed by atoms with E-state index < -0.39 is 47.5 Å². The number of aliphatic hydroxyl groups excluding tert-OH is 4. The lowest BCUT2D eigenvalue weighted by molar-refractivity contribution is -0.255. The van der Waals surface area contributed by atoms with Gasteiger partial charge in [-0.15, -0.1) is 0 Å². The fourth-order valence-corrected chi connectivity index (χ4v) is 5.71. The van der Waals surface area contributed by atoms with Crippen LogP contribution < -0.4 is 0 Å². The smallest absolute Gasteiger partial charge is 0.109 e. The van der Waals surface area contributed by atoms with E-state index in [-0.39, 0.29) is 11.3 Å². The Morgan fingerprint density at radius 2 is 1.73 bits per heavy atom. The second kappa shape index (κ2) is 6.83. The maximum atomic E-state index is 11.1. The molecule has 0 bridgehead atoms. The first-order valence-electron chi connectivity index (χ1n) is 9.51. The summed E-state index contributed by atoms with van der Waals surface area (Å²) in [6.07, 6.45) is 1.97. The van der Waals surface area contributed by atoms with Crippen molar-refractivity contribution in [3.63, 3.8) is 0 Å². The van der Waals surface area contributed by atoms with Crippen LogP contribution in [-0.4, -0.2) is 66.8 Å². The van der Waals surface area contributed by atoms with Crippen molar-refractivity contribution in [1.82, 2.24) is 0 Å². The van der Waals surface area contributed by atoms with Gasteiger partial charge in [-0.25, -0.2) is 0 Å². The molecule has 2 aliphatic rings. The highest BCUT2D eigenvalue weighted by molar-refractivity contribution is 5.20. The highest BCUT2D eigenvalue weighted by atomic mass is 16.4. The van der Waals surface area contributed by atoms with E-state index in [0.29, 0.717) is 0 Å². The van der Waals surface area contributed by atoms with Crippen molar-refractivity contribution >= 4 is 0 Å². The summed E-state index contributed by atoms with van der Waals surface area (Å²) in [5.41, 5.74) is -3.94. The van der Waals surface area contributed by atoms with Crippen LogP contribution in [-0.2, 0) is 0 Å². The number of hydrogen-bond acceptors (Lipinski definition) is 6. The molecule has 0 heterocycles. The van der Waals surface area contributed by atoms with Crippen LogP contribution in [0.5, 0.6) is 0 Å². The molecule has 0 amide bonds. The van der Waals surface area contributed by atoms with E-state index in [1.54, 1.807) is 6.08 Å². The largest absolute Gasteiger partial charge is 0.394 e. The Morgan fingerprint density at radius 1 is 1.15 bits per heavy atom. The Hall–Kier alpha value is -0.500. The van der Waals surface area contributed by atoms with E-state index in [1.807, 2.05) is 6.92 Å². The normalized spacial score (nSPS) is 46.6. The Kier molecular flexibility index (Phi) is 5.73. The summed E-state index contributed by atoms with van der Waals surface area (Å²) in [5, 5.41) is 61.9. The monoisotopic (exact) mass is 372 g/mol. The lowest BCUT2D eigenvalue weighted by Gasteiger charge is -2.63. The quantitative estimate of drug-likeness (QED) is 0.402. The predicted octanol–water partition coefficient (Wildman–Crippen LogP) is 0.582. The maximum Gasteiger partial charge on any atom is 0.109 e. The Balaban J connectivity index is 2.51. The molecule has 2 fully saturated rings. The molecule has 2 rings (SSSR count). The molecule has 0 spiro atoms. The van der Waals surface area contributed by atoms with Crippen molar-refractivity contribution < 1.29 is 30.6 Å². The van der Waals surface area contributed by atoms with Crippen LogP contribution >= 0.6 is 0 Å². The molecule has 2 saturated carbocycles. The average molecular weight is 373 g/mol. The number of fused-ring (bicyclic) bond motifs is 1. The minimum atomic E-state index is -1.66. The Labute approximate surface area is 156 Å². The summed E-state index contributed by atoms with van der Waals surface area (Å²) < 4.78 is 0. The van der Waals surface area contributed by atoms with Crippen molar-refractivity contribution in [2.24, 2.45) is 22.7 Å². The summed E-state index contributed by atoms with van der Waals surface area (Å²) in [7, 11) is 0. The molecule has 0 aromatic rings. The number of rotatable bonds is 4. The maximum absolute atomic E-state index is 11.1. The Morgan fingerprint density at radius 3 is 2.27 bits per heavy atom. The second-order valence-electron chi connectivity index (χ2n) is 9.75. The summed E-state index contributed by atoms with van der Waals surface area (Å²) >= 11 is 0. The van der Waals surface area contributed by atoms with Crippen LogP contribution in [0.4, 0.5) is 0 Å². The van der Waals surface area contributed by atoms with Crippen LogP contribution in [0.2, 0.25) is 0 Å². The number of aliphatic hydroxyl groups is 6. The van der Waals surface area contributed by atoms with Gasteiger partial charge in [0.05, 0.1) is 18.3 Å². The fraction of sp³-hybridized carbons (Fsp3) is 0.900. The van der Waals surface area contributed by atoms with Crippen molar-refractivity contribution in [2.45, 2.75) is 83.4 Å². The van der Waals surface area contributed by atoms with Gasteiger partial charge in [0.1, 0.15) is 17.8 Å². The van der Waals surface area contributed by atoms with Gasteiger partial charge in [0.25, 0.3) is 0 Å². The van der Waals surface area contributed by atoms with Gasteiger partial charge < -0.3 is 30.6 Å². The summed E-state index contributed by atoms with van der Waals surface area (Å²) in [6.45, 7) is 8.49. The molecule has 152 valence electrons. The zero-order valence-corrected chi connectivity index (χ0v) is 16.6. The SMILES string of the molecule is CC1(C)CCC[C@@]2(C)[C@H]1[C@@H](O)[C@H](O)[C@@](C)(O)[C@@H]2/C=C/[C@@](C)(O)[C@@H](O)CO. The molecule has 0 saturated heterocycles. The molecule has 0 aliphatic heterocycles. The zero-order valence-electron chi connectivity index (χ0n) is 16.6. The molecule has 0 aromatic heterocycles. The van der Waals surface area contributed by atoms with Gasteiger partial charge in [-0.3, -0.25) is 0 Å². The molecule has 8 atom stereocenters. The van der Waals surface area contributed by atoms with Crippen LogP contribution in [0, 0.1) is 22.7 Å². The first-order chi connectivity index (χ1) is 11.7. The molecule has 0 unspecified atom stereocenters. The van der Waals surface area contributed by atoms with E-state index in [0.717, 1.165) is 19.3 Å². The summed E-state index contributed by atoms with van der Waals surface area (Å²) in [4.78, 5) is 0. The van der Waals surface area contributed by atoms with Gasteiger partial charge in [-0.2, -0.15) is 0 Å². The average Bonchev–Trinajstić information content (AvgIpc) is 2.50. The molecular formula is C20H36O6. The zero-order chi connectivity index (χ0) is 20.1. The lowest BCUT2D eigenvalue weighted by Crippen LogP contribution is -2.69. The highest BCUT2D eigenvalue weighted by Crippen LogP contribution is 2.62. The third-order valence-corrected chi connectivity index (χ3v) is 7.17. The van der Waals surface area contributed by atoms with Crippen molar-refractivity contribution in [2.75, 3.05) is 6.61 Å². The molecule has 0 radical (unpaired) electrons. The minimum absolute atomic E-state index is 0.205. The molecular weight excluding hydrogens is 336 g/mol. The molecule has 6 nitrogen and oxygen atoms in total. The van der Waals surface area contributed by atoms with Gasteiger partial charge in [0.2, 0.25) is 0 Å². The van der Waals surface area contributed by atoms with Crippen molar-refractivity contribution in [1.29, 1.82) is 0 Å². The third kappa shape index (κ3) is 3.36. The van der Waals surface area contributed by atoms with Gasteiger partial charge in [0.15, 0.2) is 0 Å². The van der Waals surface area contributed by atoms with Crippen LogP contribution in [0.3, 0.4) is 0 Å². The molecule has 2 aliphatic carbocycles. The summed E-state index contributed by atoms with van der Waals surface area (Å²) in [5.74, 6) is -0.753. The second-order valence-corrected chi connectivity index (χ2v) is 9.75. The van der Waals surface area contributed by atoms with Crippen LogP contribution in [0.15, 0.2) is 12.2 Å². The number of hydrogen-bond donors (Lipinski definition) is 6. The Bertz CT molecular complexity index is 540. The van der Waals surface area contributed by atoms with E-state index in [1.165, 1.54) is 19.9 Å². The molecule has 6 N–H and O–H groups in total. The van der Waals surface area contributed by atoms with E-state index >= 15 is 0 Å². The highest BCUT2D eigenvalue weighted by Gasteiger charge is 2.64. The van der Waals surface area contributed by atoms with E-state index in [9.17, 15) is 25.5 Å². The minimum Gasteiger partial charge on any atom is -0.394 e. The van der Waals surface area contributed by atoms with E-state index in [4.69, 9.17) is 5.11 Å². The van der Waals surface area contributed by atoms with Crippen molar-refractivity contribution in [3.8, 4) is 0 Å². The lowest BCUT2D eigenvalue weighted by atomic mass is 9.44. The van der Waals surface area contributed by atoms with Gasteiger partial charge in [-0.05, 0) is 43.4 Å². The molecule has 6 heteroatoms. The first-order valence-corrected chi connectivity index (χ1v) is 9.51. The standard InChI is InChI=1S/C20H36O6/c1-17(2)8-6-9-18(3)12(7-10-19(4,25)13(22)11-21)20(5,26)16(24)14(23)15(17)18/h7,10,12-16,21-26H,6,8-9,11H2,1-5H3/b10-7+/t12-,13+,14-,15+,16+,18-,19-,20+/m1/s1. The van der Waals surface area contributed by atoms with Crippen molar-refractivity contribution in [3.05, 3.63) is 12.2 Å². The van der Waals surface area contributed by atoms with Crippen LogP contribution in [0.25, 0.3) is 0 Å². The summed E-state index contributed by atoms with van der Waals surface area (Å²) in [6, 6.07) is 0.